The molecule has 3 heteroatoms. The Morgan fingerprint density at radius 1 is 1.38 bits per heavy atom. The standard InChI is InChI=1S/C18H29NO2/c1-13-8-9-16(21-4)14(11-13)15(20)12-19-17-7-5-6-10-18(17,2)3/h8-9,11,15,17,19-20H,5-7,10,12H2,1-4H3. The van der Waals surface area contributed by atoms with Gasteiger partial charge in [0.05, 0.1) is 13.2 Å². The Labute approximate surface area is 128 Å². The molecule has 1 aliphatic carbocycles. The van der Waals surface area contributed by atoms with Crippen molar-refractivity contribution in [2.45, 2.75) is 58.6 Å². The van der Waals surface area contributed by atoms with Gasteiger partial charge >= 0.3 is 0 Å². The molecule has 0 bridgehead atoms. The molecule has 1 aromatic rings. The summed E-state index contributed by atoms with van der Waals surface area (Å²) >= 11 is 0. The molecule has 0 aliphatic heterocycles. The van der Waals surface area contributed by atoms with Crippen molar-refractivity contribution in [3.63, 3.8) is 0 Å². The van der Waals surface area contributed by atoms with Crippen molar-refractivity contribution >= 4 is 0 Å². The first kappa shape index (κ1) is 16.3. The smallest absolute Gasteiger partial charge is 0.124 e. The van der Waals surface area contributed by atoms with Gasteiger partial charge in [-0.3, -0.25) is 0 Å². The summed E-state index contributed by atoms with van der Waals surface area (Å²) in [7, 11) is 1.65. The second-order valence-corrected chi connectivity index (χ2v) is 6.96. The van der Waals surface area contributed by atoms with Crippen LogP contribution < -0.4 is 10.1 Å². The molecule has 2 atom stereocenters. The Balaban J connectivity index is 2.01. The Morgan fingerprint density at radius 3 is 2.81 bits per heavy atom. The largest absolute Gasteiger partial charge is 0.496 e. The van der Waals surface area contributed by atoms with Crippen molar-refractivity contribution in [2.75, 3.05) is 13.7 Å². The van der Waals surface area contributed by atoms with Crippen LogP contribution in [0.2, 0.25) is 0 Å². The summed E-state index contributed by atoms with van der Waals surface area (Å²) in [6, 6.07) is 6.43. The molecule has 0 aromatic heterocycles. The third kappa shape index (κ3) is 3.98. The van der Waals surface area contributed by atoms with E-state index < -0.39 is 6.10 Å². The van der Waals surface area contributed by atoms with E-state index in [1.165, 1.54) is 25.7 Å². The molecule has 1 fully saturated rings. The van der Waals surface area contributed by atoms with E-state index in [0.29, 0.717) is 18.0 Å². The van der Waals surface area contributed by atoms with E-state index in [2.05, 4.69) is 19.2 Å². The zero-order chi connectivity index (χ0) is 15.5. The first-order chi connectivity index (χ1) is 9.94. The van der Waals surface area contributed by atoms with Crippen LogP contribution in [0.5, 0.6) is 5.75 Å². The highest BCUT2D eigenvalue weighted by Crippen LogP contribution is 2.35. The molecule has 0 saturated heterocycles. The highest BCUT2D eigenvalue weighted by Gasteiger charge is 2.32. The lowest BCUT2D eigenvalue weighted by Crippen LogP contribution is -2.45. The predicted molar refractivity (Wildman–Crippen MR) is 86.7 cm³/mol. The maximum atomic E-state index is 10.5. The van der Waals surface area contributed by atoms with Gasteiger partial charge < -0.3 is 15.2 Å². The molecule has 1 aliphatic rings. The first-order valence-corrected chi connectivity index (χ1v) is 8.00. The summed E-state index contributed by atoms with van der Waals surface area (Å²) in [4.78, 5) is 0. The molecule has 0 heterocycles. The number of aliphatic hydroxyl groups is 1. The van der Waals surface area contributed by atoms with Crippen LogP contribution in [-0.4, -0.2) is 24.8 Å². The molecule has 2 rings (SSSR count). The lowest BCUT2D eigenvalue weighted by Gasteiger charge is -2.39. The predicted octanol–water partition coefficient (Wildman–Crippen LogP) is 3.60. The van der Waals surface area contributed by atoms with Crippen LogP contribution in [0.25, 0.3) is 0 Å². The fourth-order valence-corrected chi connectivity index (χ4v) is 3.35. The lowest BCUT2D eigenvalue weighted by atomic mass is 9.73. The minimum atomic E-state index is -0.530. The van der Waals surface area contributed by atoms with Gasteiger partial charge in [-0.1, -0.05) is 38.3 Å². The van der Waals surface area contributed by atoms with Crippen molar-refractivity contribution in [3.8, 4) is 5.75 Å². The van der Waals surface area contributed by atoms with Crippen LogP contribution in [0.15, 0.2) is 18.2 Å². The van der Waals surface area contributed by atoms with E-state index in [0.717, 1.165) is 16.9 Å². The van der Waals surface area contributed by atoms with Crippen molar-refractivity contribution in [1.82, 2.24) is 5.32 Å². The Morgan fingerprint density at radius 2 is 2.14 bits per heavy atom. The molecular formula is C18H29NO2. The summed E-state index contributed by atoms with van der Waals surface area (Å²) in [5.74, 6) is 0.762. The Kier molecular flexibility index (Phi) is 5.28. The van der Waals surface area contributed by atoms with Gasteiger partial charge in [-0.05, 0) is 37.3 Å². The summed E-state index contributed by atoms with van der Waals surface area (Å²) in [5.41, 5.74) is 2.33. The summed E-state index contributed by atoms with van der Waals surface area (Å²) in [5, 5.41) is 14.1. The van der Waals surface area contributed by atoms with Gasteiger partial charge in [0.1, 0.15) is 5.75 Å². The molecule has 0 amide bonds. The topological polar surface area (TPSA) is 41.5 Å². The molecular weight excluding hydrogens is 262 g/mol. The van der Waals surface area contributed by atoms with E-state index in [1.807, 2.05) is 25.1 Å². The number of aliphatic hydroxyl groups excluding tert-OH is 1. The second-order valence-electron chi connectivity index (χ2n) is 6.96. The van der Waals surface area contributed by atoms with Crippen LogP contribution in [-0.2, 0) is 0 Å². The first-order valence-electron chi connectivity index (χ1n) is 8.00. The summed E-state index contributed by atoms with van der Waals surface area (Å²) in [6.45, 7) is 7.26. The third-order valence-corrected chi connectivity index (χ3v) is 4.81. The lowest BCUT2D eigenvalue weighted by molar-refractivity contribution is 0.125. The fourth-order valence-electron chi connectivity index (χ4n) is 3.35. The van der Waals surface area contributed by atoms with Crippen molar-refractivity contribution < 1.29 is 9.84 Å². The van der Waals surface area contributed by atoms with Crippen LogP contribution in [0.3, 0.4) is 0 Å². The van der Waals surface area contributed by atoms with Gasteiger partial charge in [-0.15, -0.1) is 0 Å². The molecule has 1 aromatic carbocycles. The number of hydrogen-bond donors (Lipinski definition) is 2. The van der Waals surface area contributed by atoms with Crippen LogP contribution >= 0.6 is 0 Å². The van der Waals surface area contributed by atoms with Gasteiger partial charge in [0.2, 0.25) is 0 Å². The van der Waals surface area contributed by atoms with Gasteiger partial charge in [-0.25, -0.2) is 0 Å². The zero-order valence-electron chi connectivity index (χ0n) is 13.8. The van der Waals surface area contributed by atoms with Gasteiger partial charge in [0.15, 0.2) is 0 Å². The molecule has 0 radical (unpaired) electrons. The number of methoxy groups -OCH3 is 1. The molecule has 3 nitrogen and oxygen atoms in total. The van der Waals surface area contributed by atoms with E-state index >= 15 is 0 Å². The van der Waals surface area contributed by atoms with Crippen molar-refractivity contribution in [1.29, 1.82) is 0 Å². The monoisotopic (exact) mass is 291 g/mol. The molecule has 2 N–H and O–H groups in total. The number of ether oxygens (including phenoxy) is 1. The minimum Gasteiger partial charge on any atom is -0.496 e. The normalized spacial score (nSPS) is 22.8. The molecule has 2 unspecified atom stereocenters. The van der Waals surface area contributed by atoms with E-state index in [-0.39, 0.29) is 0 Å². The van der Waals surface area contributed by atoms with Gasteiger partial charge in [0, 0.05) is 18.2 Å². The van der Waals surface area contributed by atoms with Gasteiger partial charge in [-0.2, -0.15) is 0 Å². The fraction of sp³-hybridized carbons (Fsp3) is 0.667. The Bertz CT molecular complexity index is 470. The molecule has 118 valence electrons. The van der Waals surface area contributed by atoms with E-state index in [1.54, 1.807) is 7.11 Å². The van der Waals surface area contributed by atoms with Crippen molar-refractivity contribution in [3.05, 3.63) is 29.3 Å². The van der Waals surface area contributed by atoms with Crippen LogP contribution in [0.4, 0.5) is 0 Å². The third-order valence-electron chi connectivity index (χ3n) is 4.81. The average Bonchev–Trinajstić information content (AvgIpc) is 2.45. The SMILES string of the molecule is COc1ccc(C)cc1C(O)CNC1CCCCC1(C)C. The van der Waals surface area contributed by atoms with Gasteiger partial charge in [0.25, 0.3) is 0 Å². The highest BCUT2D eigenvalue weighted by atomic mass is 16.5. The average molecular weight is 291 g/mol. The maximum absolute atomic E-state index is 10.5. The molecule has 1 saturated carbocycles. The van der Waals surface area contributed by atoms with Crippen molar-refractivity contribution in [2.24, 2.45) is 5.41 Å². The maximum Gasteiger partial charge on any atom is 0.124 e. The number of hydrogen-bond acceptors (Lipinski definition) is 3. The quantitative estimate of drug-likeness (QED) is 0.871. The van der Waals surface area contributed by atoms with Crippen LogP contribution in [0.1, 0.15) is 56.8 Å². The van der Waals surface area contributed by atoms with Crippen LogP contribution in [0, 0.1) is 12.3 Å². The molecule has 21 heavy (non-hydrogen) atoms. The summed E-state index contributed by atoms with van der Waals surface area (Å²) in [6.07, 6.45) is 4.53. The molecule has 0 spiro atoms. The highest BCUT2D eigenvalue weighted by molar-refractivity contribution is 5.38. The minimum absolute atomic E-state index is 0.314. The van der Waals surface area contributed by atoms with E-state index in [4.69, 9.17) is 4.74 Å². The van der Waals surface area contributed by atoms with E-state index in [9.17, 15) is 5.11 Å². The second kappa shape index (κ2) is 6.80. The Hall–Kier alpha value is -1.06. The number of nitrogens with one attached hydrogen (secondary N) is 1. The zero-order valence-corrected chi connectivity index (χ0v) is 13.8. The number of aryl methyl sites for hydroxylation is 1. The summed E-state index contributed by atoms with van der Waals surface area (Å²) < 4.78 is 5.37. The number of rotatable bonds is 5. The number of benzene rings is 1.